The number of halogens is 1. The van der Waals surface area contributed by atoms with Crippen molar-refractivity contribution in [2.75, 3.05) is 23.7 Å². The average Bonchev–Trinajstić information content (AvgIpc) is 3.39. The number of fused-ring (bicyclic) bond motifs is 1. The van der Waals surface area contributed by atoms with E-state index in [4.69, 9.17) is 28.3 Å². The summed E-state index contributed by atoms with van der Waals surface area (Å²) in [6, 6.07) is 15.1. The number of carbonyl (C=O) groups excluding carboxylic acids is 1. The molecule has 1 amide bonds. The number of aromatic nitrogens is 1. The highest BCUT2D eigenvalue weighted by molar-refractivity contribution is 7.92. The van der Waals surface area contributed by atoms with Crippen LogP contribution in [0.25, 0.3) is 10.1 Å². The zero-order valence-electron chi connectivity index (χ0n) is 18.3. The van der Waals surface area contributed by atoms with Crippen LogP contribution in [0.1, 0.15) is 15.4 Å². The Morgan fingerprint density at radius 2 is 1.82 bits per heavy atom. The molecule has 12 heteroatoms. The van der Waals surface area contributed by atoms with E-state index in [-0.39, 0.29) is 21.7 Å². The highest BCUT2D eigenvalue weighted by Crippen LogP contribution is 2.36. The number of nitrogens with zero attached hydrogens (tertiary/aromatic N) is 3. The van der Waals surface area contributed by atoms with Gasteiger partial charge in [0.2, 0.25) is 0 Å². The summed E-state index contributed by atoms with van der Waals surface area (Å²) >= 11 is 13.3. The van der Waals surface area contributed by atoms with Crippen molar-refractivity contribution in [2.45, 2.75) is 11.8 Å². The van der Waals surface area contributed by atoms with E-state index in [1.807, 2.05) is 24.3 Å². The van der Waals surface area contributed by atoms with E-state index >= 15 is 0 Å². The van der Waals surface area contributed by atoms with Crippen molar-refractivity contribution in [3.05, 3.63) is 70.3 Å². The van der Waals surface area contributed by atoms with Gasteiger partial charge in [-0.3, -0.25) is 14.4 Å². The second-order valence-electron chi connectivity index (χ2n) is 7.37. The molecule has 4 rings (SSSR count). The van der Waals surface area contributed by atoms with E-state index in [0.717, 1.165) is 10.1 Å². The number of benzene rings is 2. The van der Waals surface area contributed by atoms with Crippen LogP contribution in [0.3, 0.4) is 0 Å². The third kappa shape index (κ3) is 4.64. The molecule has 4 aromatic rings. The molecule has 0 fully saturated rings. The van der Waals surface area contributed by atoms with Gasteiger partial charge in [-0.1, -0.05) is 35.0 Å². The number of hydrogen-bond acceptors (Lipinski definition) is 7. The first-order valence-electron chi connectivity index (χ1n) is 9.87. The number of aryl methyl sites for hydroxylation is 1. The minimum absolute atomic E-state index is 0.0395. The molecule has 0 saturated heterocycles. The summed E-state index contributed by atoms with van der Waals surface area (Å²) in [5.41, 5.74) is 0.600. The molecule has 0 saturated carbocycles. The first kappa shape index (κ1) is 24.1. The normalized spacial score (nSPS) is 11.4. The molecular formula is C22H19ClN4O4S3. The van der Waals surface area contributed by atoms with Crippen LogP contribution in [0.15, 0.2) is 64.0 Å². The molecule has 176 valence electrons. The molecule has 0 aliphatic rings. The second-order valence-corrected chi connectivity index (χ2v) is 10.8. The van der Waals surface area contributed by atoms with Crippen LogP contribution in [0, 0.1) is 6.92 Å². The lowest BCUT2D eigenvalue weighted by atomic mass is 10.2. The maximum absolute atomic E-state index is 13.1. The third-order valence-corrected chi connectivity index (χ3v) is 8.59. The Morgan fingerprint density at radius 3 is 2.44 bits per heavy atom. The number of rotatable bonds is 5. The monoisotopic (exact) mass is 534 g/mol. The van der Waals surface area contributed by atoms with Gasteiger partial charge in [0.05, 0.1) is 9.92 Å². The fourth-order valence-electron chi connectivity index (χ4n) is 3.19. The van der Waals surface area contributed by atoms with Gasteiger partial charge in [0.1, 0.15) is 10.6 Å². The second kappa shape index (κ2) is 9.34. The number of hydrogen-bond donors (Lipinski definition) is 1. The Labute approximate surface area is 210 Å². The van der Waals surface area contributed by atoms with Crippen LogP contribution in [-0.4, -0.2) is 43.6 Å². The van der Waals surface area contributed by atoms with E-state index in [0.29, 0.717) is 21.3 Å². The summed E-state index contributed by atoms with van der Waals surface area (Å²) in [6.07, 6.45) is 0. The first-order valence-corrected chi connectivity index (χ1v) is 13.0. The number of anilines is 2. The van der Waals surface area contributed by atoms with E-state index in [1.165, 1.54) is 34.4 Å². The number of thiocarbonyl (C=S) groups is 1. The largest absolute Gasteiger partial charge is 0.360 e. The average molecular weight is 535 g/mol. The molecule has 1 N–H and O–H groups in total. The Morgan fingerprint density at radius 1 is 1.15 bits per heavy atom. The van der Waals surface area contributed by atoms with Gasteiger partial charge in [-0.2, -0.15) is 0 Å². The zero-order valence-corrected chi connectivity index (χ0v) is 21.5. The molecule has 0 aliphatic carbocycles. The number of sulfonamides is 1. The van der Waals surface area contributed by atoms with Crippen molar-refractivity contribution in [1.82, 2.24) is 10.1 Å². The molecule has 8 nitrogen and oxygen atoms in total. The Balaban J connectivity index is 1.50. The van der Waals surface area contributed by atoms with Crippen LogP contribution in [0.2, 0.25) is 5.02 Å². The highest BCUT2D eigenvalue weighted by atomic mass is 35.5. The summed E-state index contributed by atoms with van der Waals surface area (Å²) < 4.78 is 33.3. The van der Waals surface area contributed by atoms with Gasteiger partial charge >= 0.3 is 0 Å². The minimum Gasteiger partial charge on any atom is -0.360 e. The maximum Gasteiger partial charge on any atom is 0.271 e. The number of amides is 1. The van der Waals surface area contributed by atoms with Crippen LogP contribution < -0.4 is 9.62 Å². The predicted octanol–water partition coefficient (Wildman–Crippen LogP) is 5.15. The Bertz CT molecular complexity index is 1500. The molecule has 0 radical (unpaired) electrons. The SMILES string of the molecule is Cc1cc(NS(=O)(=O)c2ccc(N(C)C(=S)N(C)C(=O)c3sc4ccccc4c3Cl)cc2)no1. The zero-order chi connectivity index (χ0) is 24.6. The summed E-state index contributed by atoms with van der Waals surface area (Å²) in [6.45, 7) is 1.66. The number of carbonyl (C=O) groups is 1. The van der Waals surface area contributed by atoms with Gasteiger partial charge in [-0.15, -0.1) is 11.3 Å². The quantitative estimate of drug-likeness (QED) is 0.354. The fraction of sp³-hybridized carbons (Fsp3) is 0.136. The number of thiophene rings is 1. The molecule has 0 spiro atoms. The van der Waals surface area contributed by atoms with Crippen molar-refractivity contribution in [2.24, 2.45) is 0 Å². The Kier molecular flexibility index (Phi) is 6.63. The predicted molar refractivity (Wildman–Crippen MR) is 138 cm³/mol. The van der Waals surface area contributed by atoms with Crippen LogP contribution in [0.4, 0.5) is 11.5 Å². The van der Waals surface area contributed by atoms with E-state index in [2.05, 4.69) is 9.88 Å². The number of nitrogens with one attached hydrogen (secondary N) is 1. The molecule has 2 heterocycles. The topological polar surface area (TPSA) is 95.8 Å². The summed E-state index contributed by atoms with van der Waals surface area (Å²) in [7, 11) is -0.581. The smallest absolute Gasteiger partial charge is 0.271 e. The Hall–Kier alpha value is -2.99. The van der Waals surface area contributed by atoms with Gasteiger partial charge in [0.15, 0.2) is 10.9 Å². The molecule has 0 aliphatic heterocycles. The standard InChI is InChI=1S/C22H19ClN4O4S3/c1-13-12-18(24-31-13)25-34(29,30)15-10-8-14(9-11-15)26(2)22(32)27(3)21(28)20-19(23)16-6-4-5-7-17(16)33-20/h4-12H,1-3H3,(H,24,25). The molecule has 0 atom stereocenters. The van der Waals surface area contributed by atoms with E-state index in [9.17, 15) is 13.2 Å². The van der Waals surface area contributed by atoms with Gasteiger partial charge in [-0.25, -0.2) is 8.42 Å². The van der Waals surface area contributed by atoms with Crippen LogP contribution in [0.5, 0.6) is 0 Å². The first-order chi connectivity index (χ1) is 16.1. The van der Waals surface area contributed by atoms with Crippen molar-refractivity contribution in [3.8, 4) is 0 Å². The van der Waals surface area contributed by atoms with Crippen molar-refractivity contribution in [1.29, 1.82) is 0 Å². The molecule has 0 unspecified atom stereocenters. The van der Waals surface area contributed by atoms with E-state index < -0.39 is 10.0 Å². The molecule has 34 heavy (non-hydrogen) atoms. The van der Waals surface area contributed by atoms with E-state index in [1.54, 1.807) is 38.1 Å². The van der Waals surface area contributed by atoms with Gasteiger partial charge < -0.3 is 9.42 Å². The molecule has 0 bridgehead atoms. The fourth-order valence-corrected chi connectivity index (χ4v) is 5.85. The van der Waals surface area contributed by atoms with Gasteiger partial charge in [-0.05, 0) is 49.5 Å². The minimum atomic E-state index is -3.85. The van der Waals surface area contributed by atoms with Gasteiger partial charge in [0.25, 0.3) is 15.9 Å². The lowest BCUT2D eigenvalue weighted by Crippen LogP contribution is -2.42. The maximum atomic E-state index is 13.1. The summed E-state index contributed by atoms with van der Waals surface area (Å²) in [5.74, 6) is 0.257. The van der Waals surface area contributed by atoms with Crippen LogP contribution in [-0.2, 0) is 10.0 Å². The van der Waals surface area contributed by atoms with Crippen molar-refractivity contribution < 1.29 is 17.7 Å². The van der Waals surface area contributed by atoms with Crippen molar-refractivity contribution in [3.63, 3.8) is 0 Å². The third-order valence-electron chi connectivity index (χ3n) is 5.01. The van der Waals surface area contributed by atoms with Gasteiger partial charge in [0, 0.05) is 35.9 Å². The van der Waals surface area contributed by atoms with Crippen molar-refractivity contribution >= 4 is 77.8 Å². The molecule has 2 aromatic carbocycles. The molecule has 2 aromatic heterocycles. The summed E-state index contributed by atoms with van der Waals surface area (Å²) in [5, 5.41) is 5.08. The summed E-state index contributed by atoms with van der Waals surface area (Å²) in [4.78, 5) is 16.5. The van der Waals surface area contributed by atoms with Crippen LogP contribution >= 0.6 is 35.2 Å². The lowest BCUT2D eigenvalue weighted by Gasteiger charge is -2.26. The lowest BCUT2D eigenvalue weighted by molar-refractivity contribution is 0.0876. The highest BCUT2D eigenvalue weighted by Gasteiger charge is 2.25. The molecular weight excluding hydrogens is 516 g/mol.